The molecule has 2 aromatic carbocycles. The highest BCUT2D eigenvalue weighted by Gasteiger charge is 2.28. The molecule has 1 amide bonds. The zero-order valence-electron chi connectivity index (χ0n) is 13.7. The predicted octanol–water partition coefficient (Wildman–Crippen LogP) is 3.00. The molecule has 24 heavy (non-hydrogen) atoms. The lowest BCUT2D eigenvalue weighted by Crippen LogP contribution is -2.26. The molecular weight excluding hydrogens is 324 g/mol. The Labute approximate surface area is 142 Å². The molecule has 0 aliphatic heterocycles. The molecule has 0 saturated heterocycles. The molecule has 2 N–H and O–H groups in total. The average molecular weight is 344 g/mol. The third kappa shape index (κ3) is 3.83. The first kappa shape index (κ1) is 16.7. The Morgan fingerprint density at radius 2 is 1.83 bits per heavy atom. The van der Waals surface area contributed by atoms with Crippen LogP contribution in [0, 0.1) is 13.8 Å². The largest absolute Gasteiger partial charge is 0.322 e. The molecule has 0 aromatic heterocycles. The zero-order valence-corrected chi connectivity index (χ0v) is 14.5. The van der Waals surface area contributed by atoms with Gasteiger partial charge in [-0.15, -0.1) is 0 Å². The van der Waals surface area contributed by atoms with E-state index in [4.69, 9.17) is 0 Å². The van der Waals surface area contributed by atoms with Gasteiger partial charge in [0.2, 0.25) is 10.0 Å². The number of carbonyl (C=O) groups is 1. The number of amides is 1. The van der Waals surface area contributed by atoms with Crippen molar-refractivity contribution in [1.82, 2.24) is 4.72 Å². The standard InChI is InChI=1S/C18H20N2O3S/c1-12-4-3-5-15(10-12)19-18(21)17-11-16(9-6-13(17)2)24(22,23)20-14-7-8-14/h3-6,9-11,14,20H,7-8H2,1-2H3,(H,19,21). The molecule has 1 aliphatic carbocycles. The fourth-order valence-electron chi connectivity index (χ4n) is 2.42. The summed E-state index contributed by atoms with van der Waals surface area (Å²) in [6.07, 6.45) is 1.73. The Morgan fingerprint density at radius 1 is 1.08 bits per heavy atom. The second-order valence-electron chi connectivity index (χ2n) is 6.20. The molecule has 0 radical (unpaired) electrons. The summed E-state index contributed by atoms with van der Waals surface area (Å²) in [5, 5.41) is 2.82. The lowest BCUT2D eigenvalue weighted by Gasteiger charge is -2.11. The minimum atomic E-state index is -3.58. The number of hydrogen-bond acceptors (Lipinski definition) is 3. The van der Waals surface area contributed by atoms with Crippen LogP contribution >= 0.6 is 0 Å². The third-order valence-electron chi connectivity index (χ3n) is 3.94. The topological polar surface area (TPSA) is 75.3 Å². The quantitative estimate of drug-likeness (QED) is 0.875. The van der Waals surface area contributed by atoms with E-state index in [1.54, 1.807) is 19.1 Å². The molecule has 5 nitrogen and oxygen atoms in total. The number of carbonyl (C=O) groups excluding carboxylic acids is 1. The number of benzene rings is 2. The number of anilines is 1. The van der Waals surface area contributed by atoms with Gasteiger partial charge in [-0.1, -0.05) is 18.2 Å². The maximum atomic E-state index is 12.5. The van der Waals surface area contributed by atoms with Gasteiger partial charge in [0.25, 0.3) is 5.91 Å². The molecule has 0 unspecified atom stereocenters. The van der Waals surface area contributed by atoms with Gasteiger partial charge in [-0.3, -0.25) is 4.79 Å². The van der Waals surface area contributed by atoms with E-state index in [-0.39, 0.29) is 16.8 Å². The van der Waals surface area contributed by atoms with Crippen LogP contribution < -0.4 is 10.0 Å². The predicted molar refractivity (Wildman–Crippen MR) is 93.7 cm³/mol. The van der Waals surface area contributed by atoms with Crippen LogP contribution in [0.4, 0.5) is 5.69 Å². The minimum Gasteiger partial charge on any atom is -0.322 e. The smallest absolute Gasteiger partial charge is 0.255 e. The van der Waals surface area contributed by atoms with Crippen molar-refractivity contribution in [2.75, 3.05) is 5.32 Å². The average Bonchev–Trinajstić information content (AvgIpc) is 3.30. The Balaban J connectivity index is 1.86. The van der Waals surface area contributed by atoms with Crippen LogP contribution in [-0.4, -0.2) is 20.4 Å². The van der Waals surface area contributed by atoms with Gasteiger partial charge < -0.3 is 5.32 Å². The summed E-state index contributed by atoms with van der Waals surface area (Å²) in [7, 11) is -3.58. The molecule has 6 heteroatoms. The van der Waals surface area contributed by atoms with Crippen LogP contribution in [-0.2, 0) is 10.0 Å². The Bertz CT molecular complexity index is 887. The Hall–Kier alpha value is -2.18. The van der Waals surface area contributed by atoms with Gasteiger partial charge in [0, 0.05) is 17.3 Å². The van der Waals surface area contributed by atoms with Crippen LogP contribution in [0.15, 0.2) is 47.4 Å². The SMILES string of the molecule is Cc1cccc(NC(=O)c2cc(S(=O)(=O)NC3CC3)ccc2C)c1. The van der Waals surface area contributed by atoms with E-state index in [0.717, 1.165) is 24.0 Å². The van der Waals surface area contributed by atoms with E-state index in [1.807, 2.05) is 25.1 Å². The van der Waals surface area contributed by atoms with Gasteiger partial charge in [0.05, 0.1) is 4.90 Å². The van der Waals surface area contributed by atoms with E-state index in [9.17, 15) is 13.2 Å². The first-order valence-corrected chi connectivity index (χ1v) is 9.34. The van der Waals surface area contributed by atoms with Crippen LogP contribution in [0.2, 0.25) is 0 Å². The van der Waals surface area contributed by atoms with Crippen LogP contribution in [0.1, 0.15) is 34.3 Å². The van der Waals surface area contributed by atoms with E-state index in [2.05, 4.69) is 10.0 Å². The number of sulfonamides is 1. The van der Waals surface area contributed by atoms with E-state index in [1.165, 1.54) is 12.1 Å². The number of aryl methyl sites for hydroxylation is 2. The van der Waals surface area contributed by atoms with Crippen molar-refractivity contribution in [2.45, 2.75) is 37.6 Å². The van der Waals surface area contributed by atoms with E-state index >= 15 is 0 Å². The van der Waals surface area contributed by atoms with Gasteiger partial charge in [0.1, 0.15) is 0 Å². The minimum absolute atomic E-state index is 0.0286. The number of nitrogens with one attached hydrogen (secondary N) is 2. The molecule has 0 atom stereocenters. The van der Waals surface area contributed by atoms with E-state index < -0.39 is 10.0 Å². The summed E-state index contributed by atoms with van der Waals surface area (Å²) < 4.78 is 27.3. The summed E-state index contributed by atoms with van der Waals surface area (Å²) in [4.78, 5) is 12.7. The molecule has 126 valence electrons. The summed E-state index contributed by atoms with van der Waals surface area (Å²) in [6, 6.07) is 12.1. The summed E-state index contributed by atoms with van der Waals surface area (Å²) in [5.41, 5.74) is 2.80. The fraction of sp³-hybridized carbons (Fsp3) is 0.278. The van der Waals surface area contributed by atoms with E-state index in [0.29, 0.717) is 11.3 Å². The van der Waals surface area contributed by atoms with Gasteiger partial charge in [-0.05, 0) is 62.1 Å². The van der Waals surface area contributed by atoms with Crippen molar-refractivity contribution in [3.63, 3.8) is 0 Å². The monoisotopic (exact) mass is 344 g/mol. The molecule has 0 heterocycles. The Morgan fingerprint density at radius 3 is 2.50 bits per heavy atom. The number of rotatable bonds is 5. The molecule has 0 bridgehead atoms. The lowest BCUT2D eigenvalue weighted by atomic mass is 10.1. The highest BCUT2D eigenvalue weighted by Crippen LogP contribution is 2.23. The molecule has 1 fully saturated rings. The van der Waals surface area contributed by atoms with Crippen LogP contribution in [0.5, 0.6) is 0 Å². The van der Waals surface area contributed by atoms with Crippen molar-refractivity contribution in [1.29, 1.82) is 0 Å². The zero-order chi connectivity index (χ0) is 17.3. The van der Waals surface area contributed by atoms with Gasteiger partial charge in [-0.2, -0.15) is 0 Å². The van der Waals surface area contributed by atoms with Gasteiger partial charge in [0.15, 0.2) is 0 Å². The highest BCUT2D eigenvalue weighted by molar-refractivity contribution is 7.89. The van der Waals surface area contributed by atoms with Crippen molar-refractivity contribution in [2.24, 2.45) is 0 Å². The second-order valence-corrected chi connectivity index (χ2v) is 7.91. The first-order chi connectivity index (χ1) is 11.3. The maximum Gasteiger partial charge on any atom is 0.255 e. The summed E-state index contributed by atoms with van der Waals surface area (Å²) in [5.74, 6) is -0.318. The molecule has 2 aromatic rings. The second kappa shape index (κ2) is 6.37. The van der Waals surface area contributed by atoms with Crippen molar-refractivity contribution in [3.8, 4) is 0 Å². The molecule has 0 spiro atoms. The van der Waals surface area contributed by atoms with Crippen LogP contribution in [0.25, 0.3) is 0 Å². The molecule has 3 rings (SSSR count). The molecule has 1 aliphatic rings. The first-order valence-electron chi connectivity index (χ1n) is 7.86. The number of hydrogen-bond donors (Lipinski definition) is 2. The van der Waals surface area contributed by atoms with Gasteiger partial charge in [-0.25, -0.2) is 13.1 Å². The highest BCUT2D eigenvalue weighted by atomic mass is 32.2. The lowest BCUT2D eigenvalue weighted by molar-refractivity contribution is 0.102. The maximum absolute atomic E-state index is 12.5. The Kier molecular flexibility index (Phi) is 4.43. The van der Waals surface area contributed by atoms with Gasteiger partial charge >= 0.3 is 0 Å². The van der Waals surface area contributed by atoms with Crippen LogP contribution in [0.3, 0.4) is 0 Å². The van der Waals surface area contributed by atoms with Crippen molar-refractivity contribution in [3.05, 3.63) is 59.2 Å². The summed E-state index contributed by atoms with van der Waals surface area (Å²) in [6.45, 7) is 3.73. The fourth-order valence-corrected chi connectivity index (χ4v) is 3.75. The molecule has 1 saturated carbocycles. The summed E-state index contributed by atoms with van der Waals surface area (Å²) >= 11 is 0. The van der Waals surface area contributed by atoms with Crippen molar-refractivity contribution < 1.29 is 13.2 Å². The molecular formula is C18H20N2O3S. The third-order valence-corrected chi connectivity index (χ3v) is 5.46. The normalized spacial score (nSPS) is 14.4. The van der Waals surface area contributed by atoms with Crippen molar-refractivity contribution >= 4 is 21.6 Å².